The molecule has 0 spiro atoms. The van der Waals surface area contributed by atoms with Crippen LogP contribution in [-0.2, 0) is 17.8 Å². The van der Waals surface area contributed by atoms with Gasteiger partial charge in [-0.15, -0.1) is 11.3 Å². The van der Waals surface area contributed by atoms with Crippen molar-refractivity contribution < 1.29 is 4.79 Å². The number of carbonyl (C=O) groups is 1. The number of amides is 1. The molecule has 0 bridgehead atoms. The van der Waals surface area contributed by atoms with Crippen LogP contribution < -0.4 is 10.9 Å². The predicted octanol–water partition coefficient (Wildman–Crippen LogP) is 3.95. The number of anilines is 1. The Hall–Kier alpha value is -2.73. The minimum atomic E-state index is -0.152. The van der Waals surface area contributed by atoms with E-state index in [9.17, 15) is 9.59 Å². The second kappa shape index (κ2) is 8.58. The Bertz CT molecular complexity index is 915. The van der Waals surface area contributed by atoms with Crippen molar-refractivity contribution in [1.29, 1.82) is 0 Å². The molecule has 2 aromatic heterocycles. The summed E-state index contributed by atoms with van der Waals surface area (Å²) in [6, 6.07) is 15.0. The number of hydrogen-bond donors (Lipinski definition) is 1. The van der Waals surface area contributed by atoms with Crippen molar-refractivity contribution in [2.45, 2.75) is 32.7 Å². The molecule has 1 aromatic carbocycles. The average molecular weight is 367 g/mol. The highest BCUT2D eigenvalue weighted by Crippen LogP contribution is 2.21. The minimum absolute atomic E-state index is 0.0586. The van der Waals surface area contributed by atoms with Gasteiger partial charge in [-0.05, 0) is 48.1 Å². The van der Waals surface area contributed by atoms with E-state index < -0.39 is 0 Å². The monoisotopic (exact) mass is 367 g/mol. The van der Waals surface area contributed by atoms with E-state index in [1.165, 1.54) is 16.3 Å². The lowest BCUT2D eigenvalue weighted by atomic mass is 10.1. The molecular formula is C20H21N3O2S. The Morgan fingerprint density at radius 2 is 1.96 bits per heavy atom. The molecule has 6 heteroatoms. The van der Waals surface area contributed by atoms with E-state index in [-0.39, 0.29) is 11.5 Å². The van der Waals surface area contributed by atoms with E-state index in [4.69, 9.17) is 0 Å². The molecule has 0 aliphatic carbocycles. The van der Waals surface area contributed by atoms with E-state index in [0.29, 0.717) is 19.4 Å². The van der Waals surface area contributed by atoms with Crippen LogP contribution >= 0.6 is 11.3 Å². The van der Waals surface area contributed by atoms with Gasteiger partial charge in [0, 0.05) is 24.7 Å². The van der Waals surface area contributed by atoms with Crippen LogP contribution in [0, 0.1) is 0 Å². The van der Waals surface area contributed by atoms with E-state index >= 15 is 0 Å². The average Bonchev–Trinajstić information content (AvgIpc) is 3.18. The second-order valence-corrected chi connectivity index (χ2v) is 6.91. The number of thiophene rings is 1. The van der Waals surface area contributed by atoms with Crippen LogP contribution in [-0.4, -0.2) is 15.7 Å². The predicted molar refractivity (Wildman–Crippen MR) is 105 cm³/mol. The number of carbonyl (C=O) groups excluding carboxylic acids is 1. The third kappa shape index (κ3) is 4.67. The first-order chi connectivity index (χ1) is 12.7. The van der Waals surface area contributed by atoms with Gasteiger partial charge in [0.25, 0.3) is 5.56 Å². The second-order valence-electron chi connectivity index (χ2n) is 5.96. The molecule has 26 heavy (non-hydrogen) atoms. The van der Waals surface area contributed by atoms with Crippen LogP contribution in [0.5, 0.6) is 0 Å². The summed E-state index contributed by atoms with van der Waals surface area (Å²) in [5, 5.41) is 9.26. The first-order valence-corrected chi connectivity index (χ1v) is 9.54. The number of benzene rings is 1. The Kier molecular flexibility index (Phi) is 5.96. The molecule has 5 nitrogen and oxygen atoms in total. The first-order valence-electron chi connectivity index (χ1n) is 8.66. The molecule has 2 heterocycles. The van der Waals surface area contributed by atoms with E-state index in [2.05, 4.69) is 17.3 Å². The molecule has 0 radical (unpaired) electrons. The van der Waals surface area contributed by atoms with Crippen molar-refractivity contribution in [3.8, 4) is 10.6 Å². The van der Waals surface area contributed by atoms with E-state index in [1.807, 2.05) is 41.8 Å². The summed E-state index contributed by atoms with van der Waals surface area (Å²) < 4.78 is 1.43. The zero-order valence-corrected chi connectivity index (χ0v) is 15.5. The van der Waals surface area contributed by atoms with Crippen LogP contribution in [0.2, 0.25) is 0 Å². The first kappa shape index (κ1) is 18.1. The van der Waals surface area contributed by atoms with E-state index in [1.54, 1.807) is 17.4 Å². The summed E-state index contributed by atoms with van der Waals surface area (Å²) in [4.78, 5) is 25.1. The maximum absolute atomic E-state index is 12.1. The Morgan fingerprint density at radius 1 is 1.15 bits per heavy atom. The van der Waals surface area contributed by atoms with Gasteiger partial charge in [0.1, 0.15) is 5.69 Å². The topological polar surface area (TPSA) is 64.0 Å². The van der Waals surface area contributed by atoms with Crippen molar-refractivity contribution in [3.05, 3.63) is 69.8 Å². The third-order valence-corrected chi connectivity index (χ3v) is 4.95. The molecule has 134 valence electrons. The van der Waals surface area contributed by atoms with Crippen LogP contribution in [0.4, 0.5) is 5.69 Å². The lowest BCUT2D eigenvalue weighted by Gasteiger charge is -2.08. The Labute approximate surface area is 156 Å². The number of aryl methyl sites for hydroxylation is 2. The van der Waals surface area contributed by atoms with E-state index in [0.717, 1.165) is 22.7 Å². The molecule has 0 fully saturated rings. The Balaban J connectivity index is 1.54. The maximum Gasteiger partial charge on any atom is 0.266 e. The number of nitrogens with zero attached hydrogens (tertiary/aromatic N) is 2. The largest absolute Gasteiger partial charge is 0.326 e. The lowest BCUT2D eigenvalue weighted by molar-refractivity contribution is -0.116. The highest BCUT2D eigenvalue weighted by atomic mass is 32.1. The zero-order chi connectivity index (χ0) is 18.4. The van der Waals surface area contributed by atoms with Gasteiger partial charge in [-0.3, -0.25) is 9.59 Å². The number of rotatable bonds is 7. The number of aromatic nitrogens is 2. The Morgan fingerprint density at radius 3 is 2.65 bits per heavy atom. The summed E-state index contributed by atoms with van der Waals surface area (Å²) in [6.45, 7) is 2.51. The molecule has 0 atom stereocenters. The lowest BCUT2D eigenvalue weighted by Crippen LogP contribution is -2.23. The van der Waals surface area contributed by atoms with Gasteiger partial charge >= 0.3 is 0 Å². The number of nitrogens with one attached hydrogen (secondary N) is 1. The van der Waals surface area contributed by atoms with Crippen LogP contribution in [0.15, 0.2) is 58.7 Å². The van der Waals surface area contributed by atoms with Gasteiger partial charge in [0.05, 0.1) is 4.88 Å². The molecule has 0 aliphatic rings. The summed E-state index contributed by atoms with van der Waals surface area (Å²) >= 11 is 1.58. The van der Waals surface area contributed by atoms with Crippen molar-refractivity contribution in [2.24, 2.45) is 0 Å². The maximum atomic E-state index is 12.1. The highest BCUT2D eigenvalue weighted by molar-refractivity contribution is 7.13. The molecule has 1 N–H and O–H groups in total. The molecular weight excluding hydrogens is 346 g/mol. The fourth-order valence-corrected chi connectivity index (χ4v) is 3.29. The van der Waals surface area contributed by atoms with Gasteiger partial charge in [-0.2, -0.15) is 5.10 Å². The van der Waals surface area contributed by atoms with Gasteiger partial charge in [0.15, 0.2) is 0 Å². The van der Waals surface area contributed by atoms with Crippen molar-refractivity contribution in [3.63, 3.8) is 0 Å². The summed E-state index contributed by atoms with van der Waals surface area (Å²) in [6.07, 6.45) is 1.87. The SMILES string of the molecule is CCc1ccc(NC(=O)CCCn2nc(-c3cccs3)ccc2=O)cc1. The molecule has 0 saturated heterocycles. The summed E-state index contributed by atoms with van der Waals surface area (Å²) in [5.74, 6) is -0.0586. The van der Waals surface area contributed by atoms with Crippen molar-refractivity contribution in [2.75, 3.05) is 5.32 Å². The minimum Gasteiger partial charge on any atom is -0.326 e. The standard InChI is InChI=1S/C20H21N3O2S/c1-2-15-7-9-16(10-8-15)21-19(24)6-3-13-23-20(25)12-11-17(22-23)18-5-4-14-26-18/h4-5,7-12,14H,2-3,6,13H2,1H3,(H,21,24). The quantitative estimate of drug-likeness (QED) is 0.688. The van der Waals surface area contributed by atoms with Crippen LogP contribution in [0.1, 0.15) is 25.3 Å². The third-order valence-electron chi connectivity index (χ3n) is 4.06. The summed E-state index contributed by atoms with van der Waals surface area (Å²) in [7, 11) is 0. The molecule has 0 aliphatic heterocycles. The van der Waals surface area contributed by atoms with Crippen molar-refractivity contribution >= 4 is 22.9 Å². The smallest absolute Gasteiger partial charge is 0.266 e. The molecule has 3 rings (SSSR count). The molecule has 3 aromatic rings. The summed E-state index contributed by atoms with van der Waals surface area (Å²) in [5.41, 5.74) is 2.65. The normalized spacial score (nSPS) is 10.7. The van der Waals surface area contributed by atoms with Crippen LogP contribution in [0.3, 0.4) is 0 Å². The van der Waals surface area contributed by atoms with Gasteiger partial charge < -0.3 is 5.32 Å². The fourth-order valence-electron chi connectivity index (χ4n) is 2.60. The molecule has 1 amide bonds. The van der Waals surface area contributed by atoms with Gasteiger partial charge in [-0.25, -0.2) is 4.68 Å². The van der Waals surface area contributed by atoms with Gasteiger partial charge in [0.2, 0.25) is 5.91 Å². The van der Waals surface area contributed by atoms with Crippen molar-refractivity contribution in [1.82, 2.24) is 9.78 Å². The molecule has 0 saturated carbocycles. The van der Waals surface area contributed by atoms with Gasteiger partial charge in [-0.1, -0.05) is 25.1 Å². The highest BCUT2D eigenvalue weighted by Gasteiger charge is 2.06. The van der Waals surface area contributed by atoms with Crippen LogP contribution in [0.25, 0.3) is 10.6 Å². The fraction of sp³-hybridized carbons (Fsp3) is 0.250. The zero-order valence-electron chi connectivity index (χ0n) is 14.6. The molecule has 0 unspecified atom stereocenters. The number of hydrogen-bond acceptors (Lipinski definition) is 4.